The molecule has 2 heterocycles. The van der Waals surface area contributed by atoms with Gasteiger partial charge in [0.1, 0.15) is 0 Å². The molecular weight excluding hydrogens is 490 g/mol. The molecular formula is C17H26I2O2. The highest BCUT2D eigenvalue weighted by Crippen LogP contribution is 2.54. The Morgan fingerprint density at radius 1 is 0.857 bits per heavy atom. The third-order valence-corrected chi connectivity index (χ3v) is 8.71. The summed E-state index contributed by atoms with van der Waals surface area (Å²) in [6, 6.07) is 0. The second-order valence-corrected chi connectivity index (χ2v) is 11.2. The van der Waals surface area contributed by atoms with Crippen molar-refractivity contribution in [2.75, 3.05) is 0 Å². The number of fused-ring (bicyclic) bond motifs is 5. The van der Waals surface area contributed by atoms with Crippen molar-refractivity contribution in [3.8, 4) is 0 Å². The van der Waals surface area contributed by atoms with Crippen LogP contribution in [-0.2, 0) is 9.47 Å². The Bertz CT molecular complexity index is 404. The van der Waals surface area contributed by atoms with E-state index in [2.05, 4.69) is 59.0 Å². The van der Waals surface area contributed by atoms with Crippen molar-refractivity contribution in [1.29, 1.82) is 0 Å². The van der Waals surface area contributed by atoms with Crippen molar-refractivity contribution in [2.45, 2.75) is 78.2 Å². The summed E-state index contributed by atoms with van der Waals surface area (Å²) in [4.78, 5) is 0. The summed E-state index contributed by atoms with van der Waals surface area (Å²) in [6.45, 7) is 4.72. The lowest BCUT2D eigenvalue weighted by atomic mass is 9.73. The second-order valence-electron chi connectivity index (χ2n) is 7.83. The van der Waals surface area contributed by atoms with Crippen LogP contribution in [0, 0.1) is 23.7 Å². The Hall–Kier alpha value is 1.38. The van der Waals surface area contributed by atoms with E-state index in [1.807, 2.05) is 0 Å². The molecule has 21 heavy (non-hydrogen) atoms. The van der Waals surface area contributed by atoms with Gasteiger partial charge in [0.15, 0.2) is 0 Å². The molecule has 2 saturated carbocycles. The lowest BCUT2D eigenvalue weighted by Gasteiger charge is -2.37. The summed E-state index contributed by atoms with van der Waals surface area (Å²) in [5.74, 6) is 3.00. The van der Waals surface area contributed by atoms with Crippen molar-refractivity contribution in [3.05, 3.63) is 0 Å². The zero-order chi connectivity index (χ0) is 14.7. The van der Waals surface area contributed by atoms with E-state index in [-0.39, 0.29) is 0 Å². The van der Waals surface area contributed by atoms with Gasteiger partial charge in [0, 0.05) is 13.8 Å². The number of ether oxygens (including phenoxy) is 2. The molecule has 0 aromatic rings. The fraction of sp³-hybridized carbons (Fsp3) is 1.00. The standard InChI is InChI=1S/C17H26I2O2/c1-8-3-4-14-15(17-11(8)5-9(2)20-17)12-6-10(18)7-13(19)16(12)21-14/h8-17H,3-7H2,1-2H3. The van der Waals surface area contributed by atoms with Gasteiger partial charge in [0.25, 0.3) is 0 Å². The minimum Gasteiger partial charge on any atom is -0.375 e. The Balaban J connectivity index is 1.64. The van der Waals surface area contributed by atoms with Crippen molar-refractivity contribution in [3.63, 3.8) is 0 Å². The Kier molecular flexibility index (Phi) is 4.56. The van der Waals surface area contributed by atoms with E-state index in [0.29, 0.717) is 34.3 Å². The molecule has 2 saturated heterocycles. The van der Waals surface area contributed by atoms with Gasteiger partial charge in [-0.15, -0.1) is 0 Å². The molecule has 2 nitrogen and oxygen atoms in total. The first kappa shape index (κ1) is 15.9. The predicted octanol–water partition coefficient (Wildman–Crippen LogP) is 4.61. The number of rotatable bonds is 0. The molecule has 120 valence electrons. The van der Waals surface area contributed by atoms with E-state index in [1.54, 1.807) is 0 Å². The molecule has 0 aromatic carbocycles. The van der Waals surface area contributed by atoms with Gasteiger partial charge in [-0.05, 0) is 56.8 Å². The maximum absolute atomic E-state index is 6.61. The summed E-state index contributed by atoms with van der Waals surface area (Å²) in [5, 5.41) is 0. The van der Waals surface area contributed by atoms with Crippen molar-refractivity contribution in [1.82, 2.24) is 0 Å². The van der Waals surface area contributed by atoms with Crippen LogP contribution in [0.25, 0.3) is 0 Å². The third-order valence-electron chi connectivity index (χ3n) is 6.48. The fourth-order valence-electron chi connectivity index (χ4n) is 5.53. The molecule has 10 unspecified atom stereocenters. The molecule has 4 aliphatic rings. The Labute approximate surface area is 155 Å². The normalized spacial score (nSPS) is 60.0. The van der Waals surface area contributed by atoms with Crippen LogP contribution in [0.2, 0.25) is 0 Å². The van der Waals surface area contributed by atoms with Gasteiger partial charge in [-0.1, -0.05) is 52.1 Å². The SMILES string of the molecule is CC1CC2C(C)CCC3OC4C(I)CC(I)CC4C3C2O1. The van der Waals surface area contributed by atoms with Gasteiger partial charge in [-0.25, -0.2) is 0 Å². The zero-order valence-corrected chi connectivity index (χ0v) is 17.2. The van der Waals surface area contributed by atoms with Crippen molar-refractivity contribution in [2.24, 2.45) is 23.7 Å². The monoisotopic (exact) mass is 516 g/mol. The van der Waals surface area contributed by atoms with Crippen LogP contribution in [-0.4, -0.2) is 32.3 Å². The Morgan fingerprint density at radius 3 is 2.48 bits per heavy atom. The number of hydrogen-bond acceptors (Lipinski definition) is 2. The minimum absolute atomic E-state index is 0.453. The van der Waals surface area contributed by atoms with Gasteiger partial charge in [-0.2, -0.15) is 0 Å². The van der Waals surface area contributed by atoms with Crippen LogP contribution in [0.4, 0.5) is 0 Å². The molecule has 10 atom stereocenters. The van der Waals surface area contributed by atoms with Crippen LogP contribution >= 0.6 is 45.2 Å². The first-order valence-corrected chi connectivity index (χ1v) is 11.1. The van der Waals surface area contributed by atoms with Gasteiger partial charge in [0.05, 0.1) is 24.4 Å². The summed E-state index contributed by atoms with van der Waals surface area (Å²) < 4.78 is 14.6. The van der Waals surface area contributed by atoms with E-state index >= 15 is 0 Å². The van der Waals surface area contributed by atoms with Crippen LogP contribution in [0.15, 0.2) is 0 Å². The maximum Gasteiger partial charge on any atom is 0.0729 e. The van der Waals surface area contributed by atoms with Crippen LogP contribution < -0.4 is 0 Å². The number of hydrogen-bond donors (Lipinski definition) is 0. The molecule has 2 aliphatic heterocycles. The van der Waals surface area contributed by atoms with E-state index < -0.39 is 0 Å². The minimum atomic E-state index is 0.453. The molecule has 0 spiro atoms. The van der Waals surface area contributed by atoms with E-state index in [4.69, 9.17) is 9.47 Å². The molecule has 0 radical (unpaired) electrons. The number of alkyl halides is 2. The van der Waals surface area contributed by atoms with Crippen LogP contribution in [0.3, 0.4) is 0 Å². The van der Waals surface area contributed by atoms with Gasteiger partial charge in [0.2, 0.25) is 0 Å². The molecule has 0 aromatic heterocycles. The molecule has 0 amide bonds. The summed E-state index contributed by atoms with van der Waals surface area (Å²) in [6.07, 6.45) is 8.44. The highest BCUT2D eigenvalue weighted by atomic mass is 127. The quantitative estimate of drug-likeness (QED) is 0.346. The van der Waals surface area contributed by atoms with Gasteiger partial charge >= 0.3 is 0 Å². The fourth-order valence-corrected chi connectivity index (χ4v) is 8.96. The topological polar surface area (TPSA) is 18.5 Å². The van der Waals surface area contributed by atoms with Crippen LogP contribution in [0.1, 0.15) is 46.0 Å². The molecule has 2 aliphatic carbocycles. The lowest BCUT2D eigenvalue weighted by molar-refractivity contribution is -0.0280. The largest absolute Gasteiger partial charge is 0.375 e. The Morgan fingerprint density at radius 2 is 1.67 bits per heavy atom. The first-order valence-electron chi connectivity index (χ1n) is 8.63. The van der Waals surface area contributed by atoms with Gasteiger partial charge < -0.3 is 9.47 Å². The lowest BCUT2D eigenvalue weighted by Crippen LogP contribution is -2.42. The molecule has 4 heteroatoms. The molecule has 0 bridgehead atoms. The highest BCUT2D eigenvalue weighted by Gasteiger charge is 2.57. The maximum atomic E-state index is 6.61. The van der Waals surface area contributed by atoms with E-state index in [0.717, 1.165) is 21.7 Å². The van der Waals surface area contributed by atoms with E-state index in [9.17, 15) is 0 Å². The molecule has 4 fully saturated rings. The van der Waals surface area contributed by atoms with E-state index in [1.165, 1.54) is 32.1 Å². The summed E-state index contributed by atoms with van der Waals surface area (Å²) in [7, 11) is 0. The van der Waals surface area contributed by atoms with Crippen LogP contribution in [0.5, 0.6) is 0 Å². The molecule has 0 N–H and O–H groups in total. The average molecular weight is 516 g/mol. The third kappa shape index (κ3) is 2.72. The smallest absolute Gasteiger partial charge is 0.0729 e. The van der Waals surface area contributed by atoms with Crippen molar-refractivity contribution >= 4 is 45.2 Å². The molecule has 4 rings (SSSR count). The zero-order valence-electron chi connectivity index (χ0n) is 12.9. The number of halogens is 2. The summed E-state index contributed by atoms with van der Waals surface area (Å²) >= 11 is 5.32. The highest BCUT2D eigenvalue weighted by molar-refractivity contribution is 14.1. The average Bonchev–Trinajstić information content (AvgIpc) is 2.93. The second kappa shape index (κ2) is 6.03. The van der Waals surface area contributed by atoms with Gasteiger partial charge in [-0.3, -0.25) is 0 Å². The summed E-state index contributed by atoms with van der Waals surface area (Å²) in [5.41, 5.74) is 0. The van der Waals surface area contributed by atoms with Crippen molar-refractivity contribution < 1.29 is 9.47 Å². The first-order chi connectivity index (χ1) is 10.0. The predicted molar refractivity (Wildman–Crippen MR) is 101 cm³/mol.